The second-order valence-electron chi connectivity index (χ2n) is 10.5. The third-order valence-corrected chi connectivity index (χ3v) is 6.51. The number of carbonyl (C=O) groups excluding carboxylic acids is 1. The van der Waals surface area contributed by atoms with Crippen LogP contribution in [0.2, 0.25) is 0 Å². The fourth-order valence-corrected chi connectivity index (χ4v) is 4.81. The summed E-state index contributed by atoms with van der Waals surface area (Å²) in [4.78, 5) is 30.6. The van der Waals surface area contributed by atoms with Crippen LogP contribution in [0.1, 0.15) is 34.6 Å². The van der Waals surface area contributed by atoms with E-state index in [2.05, 4.69) is 21.8 Å². The highest BCUT2D eigenvalue weighted by molar-refractivity contribution is 6.02. The Hall–Kier alpha value is -4.01. The van der Waals surface area contributed by atoms with Crippen molar-refractivity contribution >= 4 is 22.9 Å². The summed E-state index contributed by atoms with van der Waals surface area (Å²) in [5, 5.41) is 0.739. The molecule has 1 aliphatic rings. The second kappa shape index (κ2) is 9.46. The van der Waals surface area contributed by atoms with Gasteiger partial charge in [-0.15, -0.1) is 0 Å². The van der Waals surface area contributed by atoms with Gasteiger partial charge in [0.15, 0.2) is 5.65 Å². The summed E-state index contributed by atoms with van der Waals surface area (Å²) in [7, 11) is 0. The first-order valence-corrected chi connectivity index (χ1v) is 12.4. The third-order valence-electron chi connectivity index (χ3n) is 6.51. The Morgan fingerprint density at radius 2 is 1.73 bits per heavy atom. The molecule has 5 rings (SSSR count). The highest BCUT2D eigenvalue weighted by Crippen LogP contribution is 2.39. The molecule has 37 heavy (non-hydrogen) atoms. The van der Waals surface area contributed by atoms with Gasteiger partial charge in [-0.2, -0.15) is 0 Å². The SMILES string of the molecule is CC1CN(C(=O)OC(C)(C)C)[C@@H](C)CN1c1ncnc2c1c(-c1ccccc1F)cn2-c1ccccn1. The molecule has 1 saturated heterocycles. The normalized spacial score (nSPS) is 18.3. The van der Waals surface area contributed by atoms with Gasteiger partial charge in [0.1, 0.15) is 29.4 Å². The predicted molar refractivity (Wildman–Crippen MR) is 141 cm³/mol. The molecular formula is C28H31FN6O2. The number of nitrogens with zero attached hydrogens (tertiary/aromatic N) is 6. The average molecular weight is 503 g/mol. The summed E-state index contributed by atoms with van der Waals surface area (Å²) in [5.74, 6) is 1.05. The van der Waals surface area contributed by atoms with Gasteiger partial charge >= 0.3 is 6.09 Å². The molecule has 192 valence electrons. The van der Waals surface area contributed by atoms with Crippen LogP contribution in [0, 0.1) is 5.82 Å². The summed E-state index contributed by atoms with van der Waals surface area (Å²) in [6.45, 7) is 10.7. The predicted octanol–water partition coefficient (Wildman–Crippen LogP) is 5.46. The maximum atomic E-state index is 15.1. The number of pyridine rings is 1. The van der Waals surface area contributed by atoms with Crippen LogP contribution in [-0.4, -0.2) is 61.3 Å². The van der Waals surface area contributed by atoms with Gasteiger partial charge in [0.2, 0.25) is 0 Å². The Labute approximate surface area is 215 Å². The van der Waals surface area contributed by atoms with Crippen LogP contribution in [0.15, 0.2) is 61.2 Å². The van der Waals surface area contributed by atoms with Crippen LogP contribution >= 0.6 is 0 Å². The Morgan fingerprint density at radius 1 is 0.973 bits per heavy atom. The van der Waals surface area contributed by atoms with E-state index in [1.807, 2.05) is 62.7 Å². The summed E-state index contributed by atoms with van der Waals surface area (Å²) < 4.78 is 22.6. The van der Waals surface area contributed by atoms with Crippen molar-refractivity contribution in [2.75, 3.05) is 18.0 Å². The number of amides is 1. The smallest absolute Gasteiger partial charge is 0.410 e. The number of benzene rings is 1. The van der Waals surface area contributed by atoms with Crippen molar-refractivity contribution in [1.29, 1.82) is 0 Å². The van der Waals surface area contributed by atoms with Gasteiger partial charge in [0, 0.05) is 48.7 Å². The van der Waals surface area contributed by atoms with Crippen molar-refractivity contribution in [3.8, 4) is 16.9 Å². The molecule has 2 atom stereocenters. The van der Waals surface area contributed by atoms with Crippen LogP contribution in [0.4, 0.5) is 15.0 Å². The zero-order chi connectivity index (χ0) is 26.3. The summed E-state index contributed by atoms with van der Waals surface area (Å²) in [6, 6.07) is 12.2. The number of hydrogen-bond donors (Lipinski definition) is 0. The minimum absolute atomic E-state index is 0.0616. The molecule has 4 aromatic rings. The lowest BCUT2D eigenvalue weighted by Crippen LogP contribution is -2.59. The Bertz CT molecular complexity index is 1430. The highest BCUT2D eigenvalue weighted by atomic mass is 19.1. The number of fused-ring (bicyclic) bond motifs is 1. The molecule has 1 aromatic carbocycles. The first kappa shape index (κ1) is 24.7. The lowest BCUT2D eigenvalue weighted by Gasteiger charge is -2.44. The zero-order valence-electron chi connectivity index (χ0n) is 21.7. The minimum Gasteiger partial charge on any atom is -0.444 e. The Morgan fingerprint density at radius 3 is 2.43 bits per heavy atom. The van der Waals surface area contributed by atoms with Gasteiger partial charge in [0.25, 0.3) is 0 Å². The molecular weight excluding hydrogens is 471 g/mol. The number of aromatic nitrogens is 4. The highest BCUT2D eigenvalue weighted by Gasteiger charge is 2.36. The molecule has 0 radical (unpaired) electrons. The molecule has 1 amide bonds. The first-order chi connectivity index (χ1) is 17.6. The minimum atomic E-state index is -0.570. The Balaban J connectivity index is 1.62. The summed E-state index contributed by atoms with van der Waals surface area (Å²) in [6.07, 6.45) is 4.79. The van der Waals surface area contributed by atoms with E-state index in [1.54, 1.807) is 23.2 Å². The number of anilines is 1. The van der Waals surface area contributed by atoms with Crippen molar-refractivity contribution in [3.05, 3.63) is 67.0 Å². The van der Waals surface area contributed by atoms with Crippen molar-refractivity contribution in [2.24, 2.45) is 0 Å². The zero-order valence-corrected chi connectivity index (χ0v) is 21.7. The number of rotatable bonds is 3. The van der Waals surface area contributed by atoms with E-state index in [0.717, 1.165) is 5.39 Å². The molecule has 1 aliphatic heterocycles. The molecule has 8 nitrogen and oxygen atoms in total. The summed E-state index contributed by atoms with van der Waals surface area (Å²) >= 11 is 0. The monoisotopic (exact) mass is 502 g/mol. The number of piperazine rings is 1. The maximum Gasteiger partial charge on any atom is 0.410 e. The van der Waals surface area contributed by atoms with E-state index in [4.69, 9.17) is 9.72 Å². The van der Waals surface area contributed by atoms with Crippen LogP contribution < -0.4 is 4.90 Å². The van der Waals surface area contributed by atoms with Crippen LogP contribution in [0.25, 0.3) is 28.0 Å². The standard InChI is InChI=1S/C28H31FN6O2/c1-18-15-34(27(36)37-28(3,4)5)19(2)14-33(18)25-24-21(20-10-6-7-11-22(20)29)16-35(26(24)32-17-31-25)23-12-8-9-13-30-23/h6-13,16-19H,14-15H2,1-5H3/t18?,19-/m0/s1. The molecule has 9 heteroatoms. The average Bonchev–Trinajstić information content (AvgIpc) is 3.25. The van der Waals surface area contributed by atoms with Crippen molar-refractivity contribution < 1.29 is 13.9 Å². The molecule has 3 aromatic heterocycles. The van der Waals surface area contributed by atoms with E-state index < -0.39 is 5.60 Å². The van der Waals surface area contributed by atoms with Crippen LogP contribution in [0.5, 0.6) is 0 Å². The van der Waals surface area contributed by atoms with E-state index in [1.165, 1.54) is 12.4 Å². The van der Waals surface area contributed by atoms with Gasteiger partial charge in [-0.05, 0) is 52.8 Å². The topological polar surface area (TPSA) is 76.4 Å². The maximum absolute atomic E-state index is 15.1. The quantitative estimate of drug-likeness (QED) is 0.371. The van der Waals surface area contributed by atoms with Gasteiger partial charge in [-0.1, -0.05) is 24.3 Å². The lowest BCUT2D eigenvalue weighted by atomic mass is 10.0. The van der Waals surface area contributed by atoms with Crippen LogP contribution in [-0.2, 0) is 4.74 Å². The van der Waals surface area contributed by atoms with E-state index in [9.17, 15) is 4.79 Å². The molecule has 0 N–H and O–H groups in total. The van der Waals surface area contributed by atoms with E-state index in [0.29, 0.717) is 41.5 Å². The fraction of sp³-hybridized carbons (Fsp3) is 0.357. The molecule has 0 aliphatic carbocycles. The molecule has 0 spiro atoms. The van der Waals surface area contributed by atoms with E-state index in [-0.39, 0.29) is 24.0 Å². The van der Waals surface area contributed by atoms with Gasteiger partial charge in [-0.25, -0.2) is 24.1 Å². The third kappa shape index (κ3) is 4.73. The largest absolute Gasteiger partial charge is 0.444 e. The number of hydrogen-bond acceptors (Lipinski definition) is 6. The van der Waals surface area contributed by atoms with Gasteiger partial charge in [0.05, 0.1) is 5.39 Å². The van der Waals surface area contributed by atoms with Crippen molar-refractivity contribution in [1.82, 2.24) is 24.4 Å². The number of halogens is 1. The van der Waals surface area contributed by atoms with E-state index >= 15 is 4.39 Å². The van der Waals surface area contributed by atoms with Crippen molar-refractivity contribution in [2.45, 2.75) is 52.3 Å². The molecule has 1 fully saturated rings. The second-order valence-corrected chi connectivity index (χ2v) is 10.5. The first-order valence-electron chi connectivity index (χ1n) is 12.4. The molecule has 1 unspecified atom stereocenters. The Kier molecular flexibility index (Phi) is 6.31. The van der Waals surface area contributed by atoms with Crippen molar-refractivity contribution in [3.63, 3.8) is 0 Å². The lowest BCUT2D eigenvalue weighted by molar-refractivity contribution is 0.0130. The summed E-state index contributed by atoms with van der Waals surface area (Å²) in [5.41, 5.74) is 1.21. The fourth-order valence-electron chi connectivity index (χ4n) is 4.81. The van der Waals surface area contributed by atoms with Crippen LogP contribution in [0.3, 0.4) is 0 Å². The molecule has 0 saturated carbocycles. The number of carbonyl (C=O) groups is 1. The van der Waals surface area contributed by atoms with Gasteiger partial charge in [-0.3, -0.25) is 4.57 Å². The molecule has 4 heterocycles. The number of ether oxygens (including phenoxy) is 1. The van der Waals surface area contributed by atoms with Gasteiger partial charge < -0.3 is 14.5 Å². The molecule has 0 bridgehead atoms.